The van der Waals surface area contributed by atoms with Crippen molar-refractivity contribution in [2.45, 2.75) is 26.2 Å². The molecule has 3 rings (SSSR count). The number of aliphatic hydroxyl groups is 1. The minimum Gasteiger partial charge on any atom is -0.495 e. The summed E-state index contributed by atoms with van der Waals surface area (Å²) >= 11 is 6.35. The topological polar surface area (TPSA) is 74.7 Å². The van der Waals surface area contributed by atoms with Gasteiger partial charge in [-0.15, -0.1) is 0 Å². The van der Waals surface area contributed by atoms with Gasteiger partial charge < -0.3 is 20.1 Å². The number of hydrogen-bond donors (Lipinski definition) is 2. The van der Waals surface area contributed by atoms with E-state index in [-0.39, 0.29) is 24.5 Å². The van der Waals surface area contributed by atoms with Crippen molar-refractivity contribution in [1.82, 2.24) is 4.98 Å². The average Bonchev–Trinajstić information content (AvgIpc) is 2.77. The molecule has 0 spiro atoms. The van der Waals surface area contributed by atoms with Crippen LogP contribution in [0.3, 0.4) is 0 Å². The first kappa shape index (κ1) is 23.6. The molecule has 0 bridgehead atoms. The predicted molar refractivity (Wildman–Crippen MR) is 129 cm³/mol. The van der Waals surface area contributed by atoms with Crippen molar-refractivity contribution < 1.29 is 14.6 Å². The monoisotopic (exact) mass is 453 g/mol. The minimum absolute atomic E-state index is 0.0380. The molecule has 1 aromatic heterocycles. The molecule has 2 aromatic carbocycles. The lowest BCUT2D eigenvalue weighted by molar-refractivity contribution is 0.102. The normalized spacial score (nSPS) is 11.2. The zero-order valence-corrected chi connectivity index (χ0v) is 19.5. The van der Waals surface area contributed by atoms with Gasteiger partial charge in [0.05, 0.1) is 24.4 Å². The molecule has 32 heavy (non-hydrogen) atoms. The highest BCUT2D eigenvalue weighted by molar-refractivity contribution is 6.33. The Hall–Kier alpha value is -3.09. The number of carbonyl (C=O) groups excluding carboxylic acids is 1. The second-order valence-electron chi connectivity index (χ2n) is 8.35. The lowest BCUT2D eigenvalue weighted by Crippen LogP contribution is -2.23. The van der Waals surface area contributed by atoms with Gasteiger partial charge in [0.15, 0.2) is 5.82 Å². The van der Waals surface area contributed by atoms with Crippen LogP contribution in [0.25, 0.3) is 0 Å². The van der Waals surface area contributed by atoms with Crippen molar-refractivity contribution in [2.75, 3.05) is 30.5 Å². The molecule has 0 unspecified atom stereocenters. The summed E-state index contributed by atoms with van der Waals surface area (Å²) in [6.07, 6.45) is 1.62. The molecule has 0 aliphatic heterocycles. The molecule has 6 nitrogen and oxygen atoms in total. The molecule has 3 aromatic rings. The fourth-order valence-corrected chi connectivity index (χ4v) is 3.54. The van der Waals surface area contributed by atoms with E-state index in [1.54, 1.807) is 48.5 Å². The molecule has 2 N–H and O–H groups in total. The summed E-state index contributed by atoms with van der Waals surface area (Å²) in [6.45, 7) is 6.53. The third-order valence-corrected chi connectivity index (χ3v) is 5.35. The third-order valence-electron chi connectivity index (χ3n) is 5.06. The van der Waals surface area contributed by atoms with Gasteiger partial charge in [0.25, 0.3) is 5.91 Å². The number of hydrogen-bond acceptors (Lipinski definition) is 5. The zero-order valence-electron chi connectivity index (χ0n) is 18.7. The molecule has 0 aliphatic carbocycles. The maximum Gasteiger partial charge on any atom is 0.255 e. The molecule has 168 valence electrons. The molecule has 0 atom stereocenters. The van der Waals surface area contributed by atoms with Gasteiger partial charge in [-0.05, 0) is 53.4 Å². The van der Waals surface area contributed by atoms with E-state index >= 15 is 0 Å². The summed E-state index contributed by atoms with van der Waals surface area (Å²) in [6, 6.07) is 16.4. The van der Waals surface area contributed by atoms with Gasteiger partial charge in [-0.25, -0.2) is 4.98 Å². The zero-order chi connectivity index (χ0) is 23.3. The summed E-state index contributed by atoms with van der Waals surface area (Å²) in [5.41, 5.74) is 2.96. The lowest BCUT2D eigenvalue weighted by atomic mass is 9.87. The van der Waals surface area contributed by atoms with Gasteiger partial charge in [-0.2, -0.15) is 0 Å². The van der Waals surface area contributed by atoms with Crippen LogP contribution in [0.1, 0.15) is 36.7 Å². The number of nitrogens with zero attached hydrogens (tertiary/aromatic N) is 2. The van der Waals surface area contributed by atoms with E-state index in [0.29, 0.717) is 33.5 Å². The Morgan fingerprint density at radius 1 is 1.16 bits per heavy atom. The molecule has 0 saturated carbocycles. The van der Waals surface area contributed by atoms with E-state index in [0.717, 1.165) is 0 Å². The Balaban J connectivity index is 1.92. The summed E-state index contributed by atoms with van der Waals surface area (Å²) in [5.74, 6) is 0.747. The van der Waals surface area contributed by atoms with Crippen LogP contribution in [0.4, 0.5) is 17.2 Å². The fraction of sp³-hybridized carbons (Fsp3) is 0.280. The van der Waals surface area contributed by atoms with Crippen molar-refractivity contribution in [3.05, 3.63) is 76.9 Å². The van der Waals surface area contributed by atoms with E-state index in [2.05, 4.69) is 31.1 Å². The van der Waals surface area contributed by atoms with Crippen LogP contribution in [0.2, 0.25) is 5.02 Å². The van der Waals surface area contributed by atoms with Crippen LogP contribution in [0.15, 0.2) is 60.8 Å². The van der Waals surface area contributed by atoms with Gasteiger partial charge in [0.2, 0.25) is 0 Å². The number of methoxy groups -OCH3 is 1. The first-order chi connectivity index (χ1) is 15.2. The van der Waals surface area contributed by atoms with Crippen molar-refractivity contribution in [3.63, 3.8) is 0 Å². The van der Waals surface area contributed by atoms with Gasteiger partial charge in [0.1, 0.15) is 5.75 Å². The van der Waals surface area contributed by atoms with Crippen molar-refractivity contribution >= 4 is 34.7 Å². The quantitative estimate of drug-likeness (QED) is 0.499. The Kier molecular flexibility index (Phi) is 7.38. The molecule has 0 aliphatic rings. The number of nitrogens with one attached hydrogen (secondary N) is 1. The fourth-order valence-electron chi connectivity index (χ4n) is 3.32. The van der Waals surface area contributed by atoms with Crippen molar-refractivity contribution in [1.29, 1.82) is 0 Å². The standard InChI is InChI=1S/C25H28ClN3O3/c1-25(2,3)18-8-10-19(11-9-18)28-24(31)17-7-12-22(32-4)21(16-17)29(14-15-30)23-20(26)6-5-13-27-23/h5-13,16,30H,14-15H2,1-4H3,(H,28,31). The number of rotatable bonds is 7. The number of ether oxygens (including phenoxy) is 1. The average molecular weight is 454 g/mol. The van der Waals surface area contributed by atoms with E-state index < -0.39 is 0 Å². The summed E-state index contributed by atoms with van der Waals surface area (Å²) in [4.78, 5) is 19.0. The van der Waals surface area contributed by atoms with E-state index in [1.807, 2.05) is 24.3 Å². The Labute approximate surface area is 193 Å². The maximum atomic E-state index is 13.0. The summed E-state index contributed by atoms with van der Waals surface area (Å²) in [5, 5.41) is 13.0. The van der Waals surface area contributed by atoms with Crippen LogP contribution in [-0.2, 0) is 5.41 Å². The van der Waals surface area contributed by atoms with Crippen LogP contribution < -0.4 is 15.0 Å². The smallest absolute Gasteiger partial charge is 0.255 e. The number of carbonyl (C=O) groups is 1. The number of amides is 1. The van der Waals surface area contributed by atoms with Gasteiger partial charge in [0, 0.05) is 24.0 Å². The first-order valence-corrected chi connectivity index (χ1v) is 10.7. The van der Waals surface area contributed by atoms with Gasteiger partial charge >= 0.3 is 0 Å². The third kappa shape index (κ3) is 5.39. The summed E-state index contributed by atoms with van der Waals surface area (Å²) < 4.78 is 5.51. The van der Waals surface area contributed by atoms with Crippen LogP contribution in [0.5, 0.6) is 5.75 Å². The second kappa shape index (κ2) is 10.0. The first-order valence-electron chi connectivity index (χ1n) is 10.3. The number of anilines is 3. The lowest BCUT2D eigenvalue weighted by Gasteiger charge is -2.26. The van der Waals surface area contributed by atoms with E-state index in [4.69, 9.17) is 16.3 Å². The van der Waals surface area contributed by atoms with Crippen molar-refractivity contribution in [3.8, 4) is 5.75 Å². The van der Waals surface area contributed by atoms with Crippen LogP contribution in [0, 0.1) is 0 Å². The Bertz CT molecular complexity index is 1080. The van der Waals surface area contributed by atoms with Gasteiger partial charge in [-0.1, -0.05) is 44.5 Å². The molecular weight excluding hydrogens is 426 g/mol. The van der Waals surface area contributed by atoms with E-state index in [1.165, 1.54) is 5.56 Å². The molecule has 0 saturated heterocycles. The molecular formula is C25H28ClN3O3. The molecule has 7 heteroatoms. The molecule has 1 amide bonds. The van der Waals surface area contributed by atoms with Crippen LogP contribution in [-0.4, -0.2) is 36.3 Å². The predicted octanol–water partition coefficient (Wildman–Crippen LogP) is 5.42. The summed E-state index contributed by atoms with van der Waals surface area (Å²) in [7, 11) is 1.55. The number of aromatic nitrogens is 1. The van der Waals surface area contributed by atoms with Crippen LogP contribution >= 0.6 is 11.6 Å². The highest BCUT2D eigenvalue weighted by Crippen LogP contribution is 2.36. The van der Waals surface area contributed by atoms with Gasteiger partial charge in [-0.3, -0.25) is 4.79 Å². The highest BCUT2D eigenvalue weighted by Gasteiger charge is 2.20. The highest BCUT2D eigenvalue weighted by atomic mass is 35.5. The largest absolute Gasteiger partial charge is 0.495 e. The number of aliphatic hydroxyl groups excluding tert-OH is 1. The minimum atomic E-state index is -0.256. The SMILES string of the molecule is COc1ccc(C(=O)Nc2ccc(C(C)(C)C)cc2)cc1N(CCO)c1ncccc1Cl. The number of halogens is 1. The van der Waals surface area contributed by atoms with E-state index in [9.17, 15) is 9.90 Å². The Morgan fingerprint density at radius 2 is 1.88 bits per heavy atom. The number of benzene rings is 2. The molecule has 0 radical (unpaired) electrons. The second-order valence-corrected chi connectivity index (χ2v) is 8.76. The van der Waals surface area contributed by atoms with Crippen molar-refractivity contribution in [2.24, 2.45) is 0 Å². The number of pyridine rings is 1. The Morgan fingerprint density at radius 3 is 2.47 bits per heavy atom. The maximum absolute atomic E-state index is 13.0. The molecule has 0 fully saturated rings. The molecule has 1 heterocycles.